The van der Waals surface area contributed by atoms with E-state index >= 15 is 0 Å². The molecule has 0 bridgehead atoms. The van der Waals surface area contributed by atoms with Gasteiger partial charge in [0.1, 0.15) is 0 Å². The minimum Gasteiger partial charge on any atom is -0.355 e. The Balaban J connectivity index is 1.41. The number of carbonyl (C=O) groups excluding carboxylic acids is 1. The van der Waals surface area contributed by atoms with Crippen molar-refractivity contribution >= 4 is 28.2 Å². The van der Waals surface area contributed by atoms with Crippen molar-refractivity contribution in [2.45, 2.75) is 25.8 Å². The van der Waals surface area contributed by atoms with Crippen molar-refractivity contribution in [3.8, 4) is 0 Å². The third-order valence-electron chi connectivity index (χ3n) is 4.94. The van der Waals surface area contributed by atoms with Gasteiger partial charge in [-0.1, -0.05) is 0 Å². The SMILES string of the molecule is CN=C(NCc1cn2ccsc2n1)N1CCCC2(CNC(=O)C2)C1. The van der Waals surface area contributed by atoms with Gasteiger partial charge in [0.15, 0.2) is 10.9 Å². The number of likely N-dealkylation sites (tertiary alicyclic amines) is 1. The molecule has 4 rings (SSSR count). The Morgan fingerprint density at radius 3 is 3.25 bits per heavy atom. The molecule has 7 nitrogen and oxygen atoms in total. The zero-order valence-electron chi connectivity index (χ0n) is 13.8. The third kappa shape index (κ3) is 2.86. The molecule has 8 heteroatoms. The maximum absolute atomic E-state index is 11.6. The maximum atomic E-state index is 11.6. The number of amides is 1. The van der Waals surface area contributed by atoms with E-state index in [4.69, 9.17) is 0 Å². The summed E-state index contributed by atoms with van der Waals surface area (Å²) in [6.45, 7) is 3.30. The molecular formula is C16H22N6OS. The Morgan fingerprint density at radius 1 is 1.58 bits per heavy atom. The fourth-order valence-electron chi connectivity index (χ4n) is 3.79. The average Bonchev–Trinajstić information content (AvgIpc) is 3.24. The van der Waals surface area contributed by atoms with Crippen LogP contribution in [0.15, 0.2) is 22.8 Å². The number of aromatic nitrogens is 2. The van der Waals surface area contributed by atoms with E-state index < -0.39 is 0 Å². The lowest BCUT2D eigenvalue weighted by Crippen LogP contribution is -2.51. The summed E-state index contributed by atoms with van der Waals surface area (Å²) in [5.74, 6) is 1.07. The monoisotopic (exact) mass is 346 g/mol. The molecule has 128 valence electrons. The van der Waals surface area contributed by atoms with Crippen molar-refractivity contribution < 1.29 is 4.79 Å². The molecule has 0 saturated carbocycles. The van der Waals surface area contributed by atoms with E-state index in [-0.39, 0.29) is 11.3 Å². The number of aliphatic imine (C=N–C) groups is 1. The molecule has 0 aromatic carbocycles. The predicted octanol–water partition coefficient (Wildman–Crippen LogP) is 1.07. The minimum absolute atomic E-state index is 0.0734. The largest absolute Gasteiger partial charge is 0.355 e. The number of fused-ring (bicyclic) bond motifs is 1. The average molecular weight is 346 g/mol. The molecule has 2 aromatic rings. The van der Waals surface area contributed by atoms with Crippen LogP contribution >= 0.6 is 11.3 Å². The highest BCUT2D eigenvalue weighted by molar-refractivity contribution is 7.15. The van der Waals surface area contributed by atoms with Crippen LogP contribution in [-0.4, -0.2) is 52.8 Å². The Bertz CT molecular complexity index is 752. The molecule has 1 unspecified atom stereocenters. The van der Waals surface area contributed by atoms with Gasteiger partial charge in [-0.05, 0) is 12.8 Å². The molecule has 4 heterocycles. The molecule has 24 heavy (non-hydrogen) atoms. The van der Waals surface area contributed by atoms with Crippen molar-refractivity contribution in [1.29, 1.82) is 0 Å². The van der Waals surface area contributed by atoms with E-state index in [1.54, 1.807) is 11.3 Å². The van der Waals surface area contributed by atoms with Crippen LogP contribution in [0.4, 0.5) is 0 Å². The summed E-state index contributed by atoms with van der Waals surface area (Å²) in [7, 11) is 1.81. The number of piperidine rings is 1. The van der Waals surface area contributed by atoms with Crippen LogP contribution < -0.4 is 10.6 Å². The van der Waals surface area contributed by atoms with Gasteiger partial charge in [-0.15, -0.1) is 11.3 Å². The first-order valence-corrected chi connectivity index (χ1v) is 9.19. The molecule has 1 amide bonds. The van der Waals surface area contributed by atoms with E-state index in [1.165, 1.54) is 0 Å². The van der Waals surface area contributed by atoms with E-state index in [1.807, 2.05) is 29.2 Å². The molecule has 2 N–H and O–H groups in total. The Morgan fingerprint density at radius 2 is 2.50 bits per heavy atom. The van der Waals surface area contributed by atoms with Crippen LogP contribution in [0.25, 0.3) is 4.96 Å². The lowest BCUT2D eigenvalue weighted by Gasteiger charge is -2.40. The molecule has 0 aliphatic carbocycles. The quantitative estimate of drug-likeness (QED) is 0.630. The third-order valence-corrected chi connectivity index (χ3v) is 5.71. The van der Waals surface area contributed by atoms with Gasteiger partial charge in [0.05, 0.1) is 12.2 Å². The summed E-state index contributed by atoms with van der Waals surface area (Å²) in [4.78, 5) is 24.0. The molecule has 1 atom stereocenters. The van der Waals surface area contributed by atoms with Gasteiger partial charge in [0.25, 0.3) is 0 Å². The second-order valence-electron chi connectivity index (χ2n) is 6.70. The number of thiazole rings is 1. The smallest absolute Gasteiger partial charge is 0.220 e. The maximum Gasteiger partial charge on any atom is 0.220 e. The lowest BCUT2D eigenvalue weighted by molar-refractivity contribution is -0.119. The van der Waals surface area contributed by atoms with Crippen molar-refractivity contribution in [2.75, 3.05) is 26.7 Å². The van der Waals surface area contributed by atoms with Crippen LogP contribution in [0.1, 0.15) is 25.0 Å². The van der Waals surface area contributed by atoms with Gasteiger partial charge in [-0.25, -0.2) is 4.98 Å². The normalized spacial score (nSPS) is 24.8. The van der Waals surface area contributed by atoms with E-state index in [0.29, 0.717) is 13.0 Å². The van der Waals surface area contributed by atoms with Crippen LogP contribution in [0.2, 0.25) is 0 Å². The molecule has 1 spiro atoms. The van der Waals surface area contributed by atoms with Crippen molar-refractivity contribution in [3.63, 3.8) is 0 Å². The summed E-state index contributed by atoms with van der Waals surface area (Å²) in [6, 6.07) is 0. The molecule has 2 saturated heterocycles. The molecule has 2 aliphatic rings. The lowest BCUT2D eigenvalue weighted by atomic mass is 9.79. The predicted molar refractivity (Wildman–Crippen MR) is 94.1 cm³/mol. The summed E-state index contributed by atoms with van der Waals surface area (Å²) < 4.78 is 2.04. The molecule has 2 aromatic heterocycles. The number of hydrogen-bond acceptors (Lipinski definition) is 4. The first-order chi connectivity index (χ1) is 11.7. The zero-order valence-corrected chi connectivity index (χ0v) is 14.6. The fourth-order valence-corrected chi connectivity index (χ4v) is 4.51. The molecular weight excluding hydrogens is 324 g/mol. The van der Waals surface area contributed by atoms with Gasteiger partial charge >= 0.3 is 0 Å². The summed E-state index contributed by atoms with van der Waals surface area (Å²) in [5.41, 5.74) is 1.08. The highest BCUT2D eigenvalue weighted by Crippen LogP contribution is 2.35. The van der Waals surface area contributed by atoms with Gasteiger partial charge in [-0.3, -0.25) is 14.2 Å². The van der Waals surface area contributed by atoms with Gasteiger partial charge in [-0.2, -0.15) is 0 Å². The second-order valence-corrected chi connectivity index (χ2v) is 7.58. The van der Waals surface area contributed by atoms with Crippen molar-refractivity contribution in [2.24, 2.45) is 10.4 Å². The summed E-state index contributed by atoms with van der Waals surface area (Å²) >= 11 is 1.63. The highest BCUT2D eigenvalue weighted by atomic mass is 32.1. The Hall–Kier alpha value is -2.09. The summed E-state index contributed by atoms with van der Waals surface area (Å²) in [6.07, 6.45) is 6.90. The minimum atomic E-state index is 0.0734. The number of hydrogen-bond donors (Lipinski definition) is 2. The van der Waals surface area contributed by atoms with E-state index in [2.05, 4.69) is 25.5 Å². The number of nitrogens with zero attached hydrogens (tertiary/aromatic N) is 4. The molecule has 0 radical (unpaired) electrons. The highest BCUT2D eigenvalue weighted by Gasteiger charge is 2.42. The van der Waals surface area contributed by atoms with Crippen LogP contribution in [0.3, 0.4) is 0 Å². The van der Waals surface area contributed by atoms with Gasteiger partial charge < -0.3 is 15.5 Å². The number of guanidine groups is 1. The van der Waals surface area contributed by atoms with Crippen molar-refractivity contribution in [1.82, 2.24) is 24.9 Å². The van der Waals surface area contributed by atoms with E-state index in [0.717, 1.165) is 49.1 Å². The van der Waals surface area contributed by atoms with Gasteiger partial charge in [0.2, 0.25) is 5.91 Å². The second kappa shape index (κ2) is 6.08. The summed E-state index contributed by atoms with van der Waals surface area (Å²) in [5, 5.41) is 8.44. The van der Waals surface area contributed by atoms with Crippen LogP contribution in [0.5, 0.6) is 0 Å². The first kappa shape index (κ1) is 15.4. The molecule has 2 fully saturated rings. The van der Waals surface area contributed by atoms with Crippen molar-refractivity contribution in [3.05, 3.63) is 23.5 Å². The van der Waals surface area contributed by atoms with E-state index in [9.17, 15) is 4.79 Å². The number of rotatable bonds is 2. The standard InChI is InChI=1S/C16H22N6OS/c1-17-14(18-8-12-9-21-5-6-24-15(21)20-12)22-4-2-3-16(11-22)7-13(23)19-10-16/h5-6,9H,2-4,7-8,10-11H2,1H3,(H,17,18)(H,19,23). The zero-order chi connectivity index (χ0) is 16.6. The van der Waals surface area contributed by atoms with Gasteiger partial charge in [0, 0.05) is 56.3 Å². The number of imidazole rings is 1. The molecule has 2 aliphatic heterocycles. The van der Waals surface area contributed by atoms with Crippen LogP contribution in [-0.2, 0) is 11.3 Å². The Labute approximate surface area is 144 Å². The van der Waals surface area contributed by atoms with Crippen LogP contribution in [0, 0.1) is 5.41 Å². The number of nitrogens with one attached hydrogen (secondary N) is 2. The topological polar surface area (TPSA) is 74.0 Å². The Kier molecular flexibility index (Phi) is 3.91. The first-order valence-electron chi connectivity index (χ1n) is 8.31. The number of carbonyl (C=O) groups is 1. The fraction of sp³-hybridized carbons (Fsp3) is 0.562.